The highest BCUT2D eigenvalue weighted by atomic mass is 35.5. The van der Waals surface area contributed by atoms with E-state index in [1.807, 2.05) is 12.1 Å². The van der Waals surface area contributed by atoms with Crippen LogP contribution in [0.15, 0.2) is 35.1 Å². The monoisotopic (exact) mass is 339 g/mol. The Hall–Kier alpha value is -1.72. The predicted molar refractivity (Wildman–Crippen MR) is 85.4 cm³/mol. The van der Waals surface area contributed by atoms with Crippen LogP contribution >= 0.6 is 23.2 Å². The molecular weight excluding hydrogens is 325 g/mol. The number of nitrogens with one attached hydrogen (secondary N) is 1. The number of benzene rings is 1. The smallest absolute Gasteiger partial charge is 0.226 e. The first-order chi connectivity index (χ1) is 10.6. The molecule has 1 amide bonds. The normalized spacial score (nSPS) is 17.7. The minimum absolute atomic E-state index is 0.0528. The zero-order chi connectivity index (χ0) is 15.5. The van der Waals surface area contributed by atoms with Crippen molar-refractivity contribution < 1.29 is 9.32 Å². The van der Waals surface area contributed by atoms with E-state index in [-0.39, 0.29) is 18.4 Å². The molecule has 1 aromatic carbocycles. The summed E-state index contributed by atoms with van der Waals surface area (Å²) in [5, 5.41) is 8.00. The first kappa shape index (κ1) is 15.2. The van der Waals surface area contributed by atoms with Gasteiger partial charge in [0.1, 0.15) is 6.26 Å². The van der Waals surface area contributed by atoms with E-state index in [0.717, 1.165) is 25.2 Å². The van der Waals surface area contributed by atoms with Crippen LogP contribution in [0, 0.1) is 0 Å². The highest BCUT2D eigenvalue weighted by Crippen LogP contribution is 2.31. The molecule has 5 nitrogen and oxygen atoms in total. The number of aromatic nitrogens is 1. The van der Waals surface area contributed by atoms with Crippen LogP contribution < -0.4 is 10.2 Å². The van der Waals surface area contributed by atoms with Gasteiger partial charge in [0, 0.05) is 30.2 Å². The molecule has 2 heterocycles. The second-order valence-electron chi connectivity index (χ2n) is 5.26. The first-order valence-electron chi connectivity index (χ1n) is 7.00. The fraction of sp³-hybridized carbons (Fsp3) is 0.333. The van der Waals surface area contributed by atoms with Crippen LogP contribution in [0.2, 0.25) is 10.0 Å². The van der Waals surface area contributed by atoms with Crippen molar-refractivity contribution in [3.8, 4) is 0 Å². The summed E-state index contributed by atoms with van der Waals surface area (Å²) in [7, 11) is 0. The molecule has 0 spiro atoms. The van der Waals surface area contributed by atoms with E-state index in [4.69, 9.17) is 27.7 Å². The molecular formula is C15H15Cl2N3O2. The number of hydrogen-bond acceptors (Lipinski definition) is 4. The van der Waals surface area contributed by atoms with E-state index in [9.17, 15) is 4.79 Å². The van der Waals surface area contributed by atoms with Gasteiger partial charge in [0.25, 0.3) is 0 Å². The number of nitrogens with zero attached hydrogens (tertiary/aromatic N) is 2. The maximum Gasteiger partial charge on any atom is 0.226 e. The van der Waals surface area contributed by atoms with E-state index in [2.05, 4.69) is 15.4 Å². The van der Waals surface area contributed by atoms with Crippen LogP contribution in [-0.2, 0) is 11.2 Å². The fourth-order valence-electron chi connectivity index (χ4n) is 2.61. The molecule has 7 heteroatoms. The van der Waals surface area contributed by atoms with Gasteiger partial charge in [-0.05, 0) is 24.6 Å². The summed E-state index contributed by atoms with van der Waals surface area (Å²) in [5.41, 5.74) is 1.58. The Morgan fingerprint density at radius 2 is 2.27 bits per heavy atom. The van der Waals surface area contributed by atoms with Gasteiger partial charge in [0.05, 0.1) is 22.8 Å². The molecule has 0 radical (unpaired) electrons. The van der Waals surface area contributed by atoms with Crippen LogP contribution in [0.5, 0.6) is 0 Å². The summed E-state index contributed by atoms with van der Waals surface area (Å²) in [4.78, 5) is 14.1. The van der Waals surface area contributed by atoms with Gasteiger partial charge in [0.2, 0.25) is 5.91 Å². The topological polar surface area (TPSA) is 58.4 Å². The summed E-state index contributed by atoms with van der Waals surface area (Å²) < 4.78 is 4.72. The Balaban J connectivity index is 1.57. The molecule has 1 saturated heterocycles. The van der Waals surface area contributed by atoms with Crippen LogP contribution in [0.4, 0.5) is 5.69 Å². The van der Waals surface area contributed by atoms with Gasteiger partial charge < -0.3 is 14.7 Å². The maximum absolute atomic E-state index is 12.0. The zero-order valence-electron chi connectivity index (χ0n) is 11.8. The van der Waals surface area contributed by atoms with E-state index >= 15 is 0 Å². The lowest BCUT2D eigenvalue weighted by atomic mass is 10.2. The number of halogens is 2. The second-order valence-corrected chi connectivity index (χ2v) is 6.11. The number of amides is 1. The van der Waals surface area contributed by atoms with Crippen LogP contribution in [0.1, 0.15) is 12.1 Å². The fourth-order valence-corrected chi connectivity index (χ4v) is 3.13. The molecule has 22 heavy (non-hydrogen) atoms. The number of rotatable bonds is 4. The lowest BCUT2D eigenvalue weighted by Gasteiger charge is -2.20. The first-order valence-corrected chi connectivity index (χ1v) is 7.76. The van der Waals surface area contributed by atoms with Crippen molar-refractivity contribution in [2.45, 2.75) is 18.9 Å². The molecule has 0 bridgehead atoms. The van der Waals surface area contributed by atoms with Gasteiger partial charge in [0.15, 0.2) is 0 Å². The third-order valence-corrected chi connectivity index (χ3v) is 4.17. The van der Waals surface area contributed by atoms with Gasteiger partial charge in [-0.25, -0.2) is 0 Å². The van der Waals surface area contributed by atoms with Crippen LogP contribution in [0.25, 0.3) is 0 Å². The van der Waals surface area contributed by atoms with Crippen LogP contribution in [0.3, 0.4) is 0 Å². The third-order valence-electron chi connectivity index (χ3n) is 3.64. The molecule has 1 aromatic heterocycles. The molecule has 0 unspecified atom stereocenters. The lowest BCUT2D eigenvalue weighted by molar-refractivity contribution is -0.121. The Morgan fingerprint density at radius 3 is 3.00 bits per heavy atom. The van der Waals surface area contributed by atoms with E-state index in [1.54, 1.807) is 12.1 Å². The van der Waals surface area contributed by atoms with Crippen LogP contribution in [-0.4, -0.2) is 30.2 Å². The standard InChI is InChI=1S/C15H15Cl2N3O2/c16-10-1-2-14(13(17)7-10)20-5-3-12(9-20)18-15(21)8-11-4-6-22-19-11/h1-2,4,6-7,12H,3,5,8-9H2,(H,18,21)/t12-/m1/s1. The number of carbonyl (C=O) groups is 1. The van der Waals surface area contributed by atoms with Crippen molar-refractivity contribution >= 4 is 34.8 Å². The number of hydrogen-bond donors (Lipinski definition) is 1. The van der Waals surface area contributed by atoms with E-state index in [0.29, 0.717) is 15.7 Å². The SMILES string of the molecule is O=C(Cc1ccon1)N[C@@H]1CCN(c2ccc(Cl)cc2Cl)C1. The van der Waals surface area contributed by atoms with Crippen molar-refractivity contribution in [1.82, 2.24) is 10.5 Å². The van der Waals surface area contributed by atoms with Crippen molar-refractivity contribution in [2.75, 3.05) is 18.0 Å². The Bertz CT molecular complexity index is 661. The van der Waals surface area contributed by atoms with Crippen molar-refractivity contribution in [1.29, 1.82) is 0 Å². The average molecular weight is 340 g/mol. The van der Waals surface area contributed by atoms with Gasteiger partial charge in [-0.3, -0.25) is 4.79 Å². The minimum atomic E-state index is -0.0528. The van der Waals surface area contributed by atoms with Gasteiger partial charge in [-0.1, -0.05) is 28.4 Å². The Morgan fingerprint density at radius 1 is 1.41 bits per heavy atom. The predicted octanol–water partition coefficient (Wildman–Crippen LogP) is 2.92. The quantitative estimate of drug-likeness (QED) is 0.930. The lowest BCUT2D eigenvalue weighted by Crippen LogP contribution is -2.38. The molecule has 1 fully saturated rings. The van der Waals surface area contributed by atoms with Crippen molar-refractivity contribution in [3.63, 3.8) is 0 Å². The maximum atomic E-state index is 12.0. The molecule has 1 atom stereocenters. The molecule has 116 valence electrons. The molecule has 1 aliphatic rings. The zero-order valence-corrected chi connectivity index (χ0v) is 13.3. The average Bonchev–Trinajstić information content (AvgIpc) is 3.10. The second kappa shape index (κ2) is 6.58. The largest absolute Gasteiger partial charge is 0.368 e. The highest BCUT2D eigenvalue weighted by molar-refractivity contribution is 6.36. The van der Waals surface area contributed by atoms with Crippen molar-refractivity contribution in [3.05, 3.63) is 46.3 Å². The summed E-state index contributed by atoms with van der Waals surface area (Å²) in [6.45, 7) is 1.57. The summed E-state index contributed by atoms with van der Waals surface area (Å²) in [6.07, 6.45) is 2.57. The highest BCUT2D eigenvalue weighted by Gasteiger charge is 2.25. The Kier molecular flexibility index (Phi) is 4.55. The van der Waals surface area contributed by atoms with E-state index in [1.165, 1.54) is 6.26 Å². The Labute approximate surface area is 138 Å². The molecule has 0 saturated carbocycles. The molecule has 0 aliphatic carbocycles. The number of carbonyl (C=O) groups excluding carboxylic acids is 1. The van der Waals surface area contributed by atoms with Gasteiger partial charge >= 0.3 is 0 Å². The molecule has 2 aromatic rings. The summed E-state index contributed by atoms with van der Waals surface area (Å²) >= 11 is 12.1. The molecule has 1 aliphatic heterocycles. The molecule has 1 N–H and O–H groups in total. The van der Waals surface area contributed by atoms with Gasteiger partial charge in [-0.15, -0.1) is 0 Å². The summed E-state index contributed by atoms with van der Waals surface area (Å²) in [5.74, 6) is -0.0528. The van der Waals surface area contributed by atoms with Gasteiger partial charge in [-0.2, -0.15) is 0 Å². The third kappa shape index (κ3) is 3.54. The number of anilines is 1. The summed E-state index contributed by atoms with van der Waals surface area (Å²) in [6, 6.07) is 7.25. The molecule has 3 rings (SSSR count). The van der Waals surface area contributed by atoms with E-state index < -0.39 is 0 Å². The van der Waals surface area contributed by atoms with Crippen molar-refractivity contribution in [2.24, 2.45) is 0 Å². The minimum Gasteiger partial charge on any atom is -0.368 e.